The maximum atomic E-state index is 12.9. The van der Waals surface area contributed by atoms with Crippen LogP contribution in [-0.4, -0.2) is 9.97 Å². The van der Waals surface area contributed by atoms with Crippen LogP contribution in [0.2, 0.25) is 0 Å². The number of thiophene rings is 1. The first-order valence-electron chi connectivity index (χ1n) is 8.09. The first-order valence-corrected chi connectivity index (χ1v) is 10.1. The van der Waals surface area contributed by atoms with Gasteiger partial charge < -0.3 is 4.98 Å². The zero-order chi connectivity index (χ0) is 17.9. The SMILES string of the molecule is O=c1[nH]c(CSCc2ccc(F)cc2)nc2sc(-c3ccccc3)cc12. The summed E-state index contributed by atoms with van der Waals surface area (Å²) in [4.78, 5) is 21.6. The number of nitrogens with zero attached hydrogens (tertiary/aromatic N) is 1. The van der Waals surface area contributed by atoms with Crippen LogP contribution in [0.25, 0.3) is 20.7 Å². The molecule has 3 nitrogen and oxygen atoms in total. The Kier molecular flexibility index (Phi) is 4.86. The Morgan fingerprint density at radius 2 is 1.81 bits per heavy atom. The van der Waals surface area contributed by atoms with Gasteiger partial charge in [0, 0.05) is 10.6 Å². The Morgan fingerprint density at radius 3 is 2.58 bits per heavy atom. The van der Waals surface area contributed by atoms with Crippen molar-refractivity contribution < 1.29 is 4.39 Å². The van der Waals surface area contributed by atoms with Gasteiger partial charge in [-0.25, -0.2) is 9.37 Å². The third-order valence-corrected chi connectivity index (χ3v) is 6.02. The van der Waals surface area contributed by atoms with E-state index >= 15 is 0 Å². The van der Waals surface area contributed by atoms with E-state index in [0.717, 1.165) is 26.6 Å². The molecule has 0 amide bonds. The lowest BCUT2D eigenvalue weighted by atomic mass is 10.2. The molecule has 2 heterocycles. The highest BCUT2D eigenvalue weighted by molar-refractivity contribution is 7.97. The van der Waals surface area contributed by atoms with E-state index in [1.54, 1.807) is 23.9 Å². The molecule has 0 saturated carbocycles. The van der Waals surface area contributed by atoms with Gasteiger partial charge >= 0.3 is 0 Å². The van der Waals surface area contributed by atoms with Gasteiger partial charge in [0.1, 0.15) is 16.5 Å². The number of nitrogens with one attached hydrogen (secondary N) is 1. The number of halogens is 1. The number of fused-ring (bicyclic) bond motifs is 1. The molecule has 0 aliphatic rings. The number of H-pyrrole nitrogens is 1. The molecule has 4 aromatic rings. The van der Waals surface area contributed by atoms with Crippen molar-refractivity contribution in [2.24, 2.45) is 0 Å². The number of aromatic nitrogens is 2. The van der Waals surface area contributed by atoms with E-state index in [1.165, 1.54) is 23.5 Å². The molecule has 0 fully saturated rings. The fourth-order valence-corrected chi connectivity index (χ4v) is 4.55. The van der Waals surface area contributed by atoms with Gasteiger partial charge in [-0.3, -0.25) is 4.79 Å². The van der Waals surface area contributed by atoms with Crippen LogP contribution in [0, 0.1) is 5.82 Å². The van der Waals surface area contributed by atoms with Gasteiger partial charge in [0.25, 0.3) is 5.56 Å². The van der Waals surface area contributed by atoms with E-state index in [-0.39, 0.29) is 11.4 Å². The highest BCUT2D eigenvalue weighted by atomic mass is 32.2. The molecule has 0 unspecified atom stereocenters. The Morgan fingerprint density at radius 1 is 1.04 bits per heavy atom. The maximum Gasteiger partial charge on any atom is 0.259 e. The number of thioether (sulfide) groups is 1. The first-order chi connectivity index (χ1) is 12.7. The standard InChI is InChI=1S/C20H15FN2OS2/c21-15-8-6-13(7-9-15)11-25-12-18-22-19(24)16-10-17(26-20(16)23-18)14-4-2-1-3-5-14/h1-10H,11-12H2,(H,22,23,24). The number of aromatic amines is 1. The van der Waals surface area contributed by atoms with Gasteiger partial charge in [-0.2, -0.15) is 0 Å². The van der Waals surface area contributed by atoms with E-state index in [4.69, 9.17) is 0 Å². The van der Waals surface area contributed by atoms with Gasteiger partial charge in [-0.1, -0.05) is 42.5 Å². The van der Waals surface area contributed by atoms with Crippen molar-refractivity contribution in [2.45, 2.75) is 11.5 Å². The number of rotatable bonds is 5. The molecular weight excluding hydrogens is 367 g/mol. The molecule has 26 heavy (non-hydrogen) atoms. The van der Waals surface area contributed by atoms with Crippen LogP contribution in [0.3, 0.4) is 0 Å². The Labute approximate surface area is 157 Å². The van der Waals surface area contributed by atoms with Gasteiger partial charge in [0.05, 0.1) is 11.1 Å². The summed E-state index contributed by atoms with van der Waals surface area (Å²) in [6.07, 6.45) is 0. The van der Waals surface area contributed by atoms with E-state index in [9.17, 15) is 9.18 Å². The quantitative estimate of drug-likeness (QED) is 0.514. The molecule has 2 aromatic heterocycles. The summed E-state index contributed by atoms with van der Waals surface area (Å²) in [5, 5.41) is 0.626. The van der Waals surface area contributed by atoms with Gasteiger partial charge in [0.2, 0.25) is 0 Å². The van der Waals surface area contributed by atoms with Crippen LogP contribution in [0.5, 0.6) is 0 Å². The number of benzene rings is 2. The summed E-state index contributed by atoms with van der Waals surface area (Å²) in [6, 6.07) is 18.3. The normalized spacial score (nSPS) is 11.1. The van der Waals surface area contributed by atoms with Crippen LogP contribution in [0.4, 0.5) is 4.39 Å². The molecule has 1 N–H and O–H groups in total. The molecular formula is C20H15FN2OS2. The van der Waals surface area contributed by atoms with Crippen molar-refractivity contribution in [3.8, 4) is 10.4 Å². The summed E-state index contributed by atoms with van der Waals surface area (Å²) in [5.74, 6) is 1.77. The monoisotopic (exact) mass is 382 g/mol. The molecule has 0 aliphatic carbocycles. The lowest BCUT2D eigenvalue weighted by molar-refractivity contribution is 0.627. The molecule has 0 aliphatic heterocycles. The predicted molar refractivity (Wildman–Crippen MR) is 107 cm³/mol. The van der Waals surface area contributed by atoms with E-state index in [1.807, 2.05) is 36.4 Å². The largest absolute Gasteiger partial charge is 0.309 e. The lowest BCUT2D eigenvalue weighted by Gasteiger charge is -2.02. The van der Waals surface area contributed by atoms with Crippen molar-refractivity contribution >= 4 is 33.3 Å². The highest BCUT2D eigenvalue weighted by Crippen LogP contribution is 2.31. The van der Waals surface area contributed by atoms with E-state index < -0.39 is 0 Å². The van der Waals surface area contributed by atoms with Crippen molar-refractivity contribution in [1.82, 2.24) is 9.97 Å². The van der Waals surface area contributed by atoms with Crippen LogP contribution in [0.1, 0.15) is 11.4 Å². The number of hydrogen-bond donors (Lipinski definition) is 1. The Hall–Kier alpha value is -2.44. The molecule has 0 bridgehead atoms. The third kappa shape index (κ3) is 3.71. The smallest absolute Gasteiger partial charge is 0.259 e. The molecule has 0 radical (unpaired) electrons. The second kappa shape index (κ2) is 7.43. The lowest BCUT2D eigenvalue weighted by Crippen LogP contribution is -2.09. The second-order valence-electron chi connectivity index (χ2n) is 5.83. The van der Waals surface area contributed by atoms with E-state index in [2.05, 4.69) is 9.97 Å². The Balaban J connectivity index is 1.53. The molecule has 6 heteroatoms. The molecule has 130 valence electrons. The minimum absolute atomic E-state index is 0.106. The first kappa shape index (κ1) is 17.0. The Bertz CT molecular complexity index is 1090. The zero-order valence-electron chi connectivity index (χ0n) is 13.7. The van der Waals surface area contributed by atoms with Gasteiger partial charge in [-0.05, 0) is 29.3 Å². The van der Waals surface area contributed by atoms with Gasteiger partial charge in [0.15, 0.2) is 0 Å². The topological polar surface area (TPSA) is 45.8 Å². The van der Waals surface area contributed by atoms with Crippen LogP contribution >= 0.6 is 23.1 Å². The van der Waals surface area contributed by atoms with Crippen LogP contribution in [0.15, 0.2) is 65.5 Å². The number of hydrogen-bond acceptors (Lipinski definition) is 4. The maximum absolute atomic E-state index is 12.9. The van der Waals surface area contributed by atoms with Crippen molar-refractivity contribution in [1.29, 1.82) is 0 Å². The fraction of sp³-hybridized carbons (Fsp3) is 0.100. The van der Waals surface area contributed by atoms with Crippen molar-refractivity contribution in [3.63, 3.8) is 0 Å². The third-order valence-electron chi connectivity index (χ3n) is 3.93. The minimum Gasteiger partial charge on any atom is -0.309 e. The highest BCUT2D eigenvalue weighted by Gasteiger charge is 2.10. The summed E-state index contributed by atoms with van der Waals surface area (Å²) in [5.41, 5.74) is 2.02. The average Bonchev–Trinajstić information content (AvgIpc) is 3.09. The van der Waals surface area contributed by atoms with Crippen LogP contribution in [-0.2, 0) is 11.5 Å². The molecule has 2 aromatic carbocycles. The van der Waals surface area contributed by atoms with E-state index in [0.29, 0.717) is 17.0 Å². The summed E-state index contributed by atoms with van der Waals surface area (Å²) in [7, 11) is 0. The summed E-state index contributed by atoms with van der Waals surface area (Å²) >= 11 is 3.16. The average molecular weight is 382 g/mol. The molecule has 4 rings (SSSR count). The van der Waals surface area contributed by atoms with Crippen molar-refractivity contribution in [2.75, 3.05) is 0 Å². The minimum atomic E-state index is -0.234. The predicted octanol–water partition coefficient (Wildman–Crippen LogP) is 5.22. The summed E-state index contributed by atoms with van der Waals surface area (Å²) < 4.78 is 12.9. The summed E-state index contributed by atoms with van der Waals surface area (Å²) in [6.45, 7) is 0. The fourth-order valence-electron chi connectivity index (χ4n) is 2.64. The molecule has 0 spiro atoms. The second-order valence-corrected chi connectivity index (χ2v) is 7.84. The molecule has 0 atom stereocenters. The van der Waals surface area contributed by atoms with Gasteiger partial charge in [-0.15, -0.1) is 23.1 Å². The van der Waals surface area contributed by atoms with Crippen LogP contribution < -0.4 is 5.56 Å². The molecule has 0 saturated heterocycles. The zero-order valence-corrected chi connectivity index (χ0v) is 15.4. The van der Waals surface area contributed by atoms with Crippen molar-refractivity contribution in [3.05, 3.63) is 88.2 Å².